The van der Waals surface area contributed by atoms with Crippen molar-refractivity contribution in [2.24, 2.45) is 0 Å². The minimum absolute atomic E-state index is 0.264. The minimum Gasteiger partial charge on any atom is -0.258 e. The fraction of sp³-hybridized carbons (Fsp3) is 0.630. The van der Waals surface area contributed by atoms with Crippen LogP contribution in [0.25, 0.3) is 11.4 Å². The first-order chi connectivity index (χ1) is 17.2. The summed E-state index contributed by atoms with van der Waals surface area (Å²) < 4.78 is 15.0. The number of aryl methyl sites for hydroxylation is 1. The zero-order valence-corrected chi connectivity index (χ0v) is 22.0. The van der Waals surface area contributed by atoms with Gasteiger partial charge in [0.2, 0.25) is 5.16 Å². The number of aromatic amines is 1. The van der Waals surface area contributed by atoms with Crippen LogP contribution in [0.1, 0.15) is 103 Å². The van der Waals surface area contributed by atoms with Crippen LogP contribution >= 0.6 is 11.8 Å². The van der Waals surface area contributed by atoms with E-state index in [4.69, 9.17) is 0 Å². The Morgan fingerprint density at radius 1 is 0.829 bits per heavy atom. The van der Waals surface area contributed by atoms with Gasteiger partial charge in [0.25, 0.3) is 0 Å². The van der Waals surface area contributed by atoms with Gasteiger partial charge in [0.15, 0.2) is 5.82 Å². The second-order valence-corrected chi connectivity index (χ2v) is 10.3. The van der Waals surface area contributed by atoms with E-state index >= 15 is 0 Å². The zero-order valence-electron chi connectivity index (χ0n) is 21.2. The number of H-pyrrole nitrogens is 1. The maximum absolute atomic E-state index is 13.1. The van der Waals surface area contributed by atoms with Gasteiger partial charge in [-0.25, -0.2) is 9.37 Å². The molecule has 8 heteroatoms. The Morgan fingerprint density at radius 3 is 2.06 bits per heavy atom. The van der Waals surface area contributed by atoms with E-state index in [-0.39, 0.29) is 5.82 Å². The smallest absolute Gasteiger partial charge is 0.209 e. The molecule has 3 aromatic rings. The number of hydrogen-bond acceptors (Lipinski definition) is 5. The van der Waals surface area contributed by atoms with Gasteiger partial charge in [-0.3, -0.25) is 9.78 Å². The standard InChI is InChI=1S/C27H41FN6S/c1-2-3-4-5-6-7-8-9-10-11-12-13-14-15-20-34-21-25(30-33-34)22-35-27-29-26(31-32-27)23-16-18-24(28)19-17-23/h16-19,21H,2-15,20,22H2,1H3,(H,29,31,32). The van der Waals surface area contributed by atoms with Crippen molar-refractivity contribution in [1.82, 2.24) is 30.2 Å². The topological polar surface area (TPSA) is 72.3 Å². The molecule has 192 valence electrons. The summed E-state index contributed by atoms with van der Waals surface area (Å²) in [5, 5.41) is 16.3. The molecular weight excluding hydrogens is 459 g/mol. The summed E-state index contributed by atoms with van der Waals surface area (Å²) in [4.78, 5) is 4.47. The Morgan fingerprint density at radius 2 is 1.43 bits per heavy atom. The SMILES string of the molecule is CCCCCCCCCCCCCCCCn1cc(CSc2n[nH]c(-c3ccc(F)cc3)n2)nn1. The van der Waals surface area contributed by atoms with Gasteiger partial charge in [0, 0.05) is 24.1 Å². The van der Waals surface area contributed by atoms with E-state index in [9.17, 15) is 4.39 Å². The molecule has 6 nitrogen and oxygen atoms in total. The molecule has 0 spiro atoms. The van der Waals surface area contributed by atoms with Gasteiger partial charge >= 0.3 is 0 Å². The van der Waals surface area contributed by atoms with Crippen molar-refractivity contribution in [2.75, 3.05) is 0 Å². The molecule has 0 saturated heterocycles. The molecule has 0 fully saturated rings. The van der Waals surface area contributed by atoms with E-state index in [1.165, 1.54) is 107 Å². The van der Waals surface area contributed by atoms with Crippen LogP contribution in [0.2, 0.25) is 0 Å². The summed E-state index contributed by atoms with van der Waals surface area (Å²) in [7, 11) is 0. The van der Waals surface area contributed by atoms with E-state index < -0.39 is 0 Å². The third-order valence-electron chi connectivity index (χ3n) is 6.26. The lowest BCUT2D eigenvalue weighted by Gasteiger charge is -2.03. The van der Waals surface area contributed by atoms with Crippen molar-refractivity contribution in [3.63, 3.8) is 0 Å². The lowest BCUT2D eigenvalue weighted by molar-refractivity contribution is 0.504. The lowest BCUT2D eigenvalue weighted by atomic mass is 10.0. The maximum atomic E-state index is 13.1. The molecule has 0 radical (unpaired) electrons. The first-order valence-corrected chi connectivity index (χ1v) is 14.4. The van der Waals surface area contributed by atoms with E-state index in [1.807, 2.05) is 10.9 Å². The molecule has 0 aliphatic carbocycles. The fourth-order valence-electron chi connectivity index (χ4n) is 4.17. The number of thioether (sulfide) groups is 1. The Hall–Kier alpha value is -2.22. The predicted octanol–water partition coefficient (Wildman–Crippen LogP) is 7.98. The second kappa shape index (κ2) is 16.5. The van der Waals surface area contributed by atoms with E-state index in [2.05, 4.69) is 32.4 Å². The molecule has 1 N–H and O–H groups in total. The minimum atomic E-state index is -0.264. The first kappa shape index (κ1) is 27.4. The van der Waals surface area contributed by atoms with Gasteiger partial charge in [-0.2, -0.15) is 0 Å². The summed E-state index contributed by atoms with van der Waals surface area (Å²) >= 11 is 1.51. The van der Waals surface area contributed by atoms with Crippen LogP contribution in [0.3, 0.4) is 0 Å². The van der Waals surface area contributed by atoms with Crippen molar-refractivity contribution in [1.29, 1.82) is 0 Å². The molecule has 2 heterocycles. The fourth-order valence-corrected chi connectivity index (χ4v) is 4.84. The average Bonchev–Trinajstić information content (AvgIpc) is 3.53. The highest BCUT2D eigenvalue weighted by Gasteiger charge is 2.08. The van der Waals surface area contributed by atoms with Crippen molar-refractivity contribution >= 4 is 11.8 Å². The van der Waals surface area contributed by atoms with Crippen LogP contribution in [0.5, 0.6) is 0 Å². The molecule has 35 heavy (non-hydrogen) atoms. The molecular formula is C27H41FN6S. The molecule has 3 rings (SSSR count). The number of aromatic nitrogens is 6. The number of hydrogen-bond donors (Lipinski definition) is 1. The van der Waals surface area contributed by atoms with Gasteiger partial charge in [0.1, 0.15) is 5.82 Å². The summed E-state index contributed by atoms with van der Waals surface area (Å²) in [5.74, 6) is 1.04. The van der Waals surface area contributed by atoms with Crippen LogP contribution in [-0.4, -0.2) is 30.2 Å². The summed E-state index contributed by atoms with van der Waals surface area (Å²) in [5.41, 5.74) is 1.73. The predicted molar refractivity (Wildman–Crippen MR) is 142 cm³/mol. The van der Waals surface area contributed by atoms with Crippen LogP contribution in [0.15, 0.2) is 35.6 Å². The highest BCUT2D eigenvalue weighted by Crippen LogP contribution is 2.22. The first-order valence-electron chi connectivity index (χ1n) is 13.4. The number of rotatable bonds is 19. The Balaban J connectivity index is 1.19. The van der Waals surface area contributed by atoms with Gasteiger partial charge < -0.3 is 0 Å². The summed E-state index contributed by atoms with van der Waals surface area (Å²) in [6.45, 7) is 3.20. The van der Waals surface area contributed by atoms with Crippen molar-refractivity contribution in [3.8, 4) is 11.4 Å². The van der Waals surface area contributed by atoms with Gasteiger partial charge in [-0.1, -0.05) is 107 Å². The van der Waals surface area contributed by atoms with Crippen molar-refractivity contribution in [3.05, 3.63) is 42.0 Å². The van der Waals surface area contributed by atoms with Crippen molar-refractivity contribution in [2.45, 2.75) is 114 Å². The van der Waals surface area contributed by atoms with Gasteiger partial charge in [-0.05, 0) is 30.7 Å². The van der Waals surface area contributed by atoms with E-state index in [0.29, 0.717) is 16.7 Å². The maximum Gasteiger partial charge on any atom is 0.209 e. The second-order valence-electron chi connectivity index (χ2n) is 9.33. The van der Waals surface area contributed by atoms with E-state index in [0.717, 1.165) is 24.2 Å². The highest BCUT2D eigenvalue weighted by atomic mass is 32.2. The molecule has 0 atom stereocenters. The molecule has 0 aliphatic rings. The number of benzene rings is 1. The Bertz CT molecular complexity index is 939. The monoisotopic (exact) mass is 500 g/mol. The molecule has 0 bridgehead atoms. The largest absolute Gasteiger partial charge is 0.258 e. The van der Waals surface area contributed by atoms with Crippen molar-refractivity contribution < 1.29 is 4.39 Å². The number of unbranched alkanes of at least 4 members (excludes halogenated alkanes) is 13. The molecule has 0 aliphatic heterocycles. The normalized spacial score (nSPS) is 11.4. The molecule has 1 aromatic carbocycles. The van der Waals surface area contributed by atoms with Gasteiger partial charge in [-0.15, -0.1) is 10.2 Å². The number of halogens is 1. The quantitative estimate of drug-likeness (QED) is 0.133. The number of nitrogens with zero attached hydrogens (tertiary/aromatic N) is 5. The third kappa shape index (κ3) is 10.9. The zero-order chi connectivity index (χ0) is 24.6. The molecule has 2 aromatic heterocycles. The Kier molecular flexibility index (Phi) is 12.9. The summed E-state index contributed by atoms with van der Waals surface area (Å²) in [6.07, 6.45) is 21.2. The van der Waals surface area contributed by atoms with E-state index in [1.54, 1.807) is 12.1 Å². The highest BCUT2D eigenvalue weighted by molar-refractivity contribution is 7.98. The lowest BCUT2D eigenvalue weighted by Crippen LogP contribution is -1.98. The van der Waals surface area contributed by atoms with Crippen LogP contribution in [-0.2, 0) is 12.3 Å². The molecule has 0 saturated carbocycles. The average molecular weight is 501 g/mol. The Labute approximate surface area is 213 Å². The summed E-state index contributed by atoms with van der Waals surface area (Å²) in [6, 6.07) is 6.21. The van der Waals surface area contributed by atoms with Crippen LogP contribution < -0.4 is 0 Å². The van der Waals surface area contributed by atoms with Crippen LogP contribution in [0.4, 0.5) is 4.39 Å². The number of nitrogens with one attached hydrogen (secondary N) is 1. The van der Waals surface area contributed by atoms with Gasteiger partial charge in [0.05, 0.1) is 5.69 Å². The molecule has 0 unspecified atom stereocenters. The molecule has 0 amide bonds. The third-order valence-corrected chi connectivity index (χ3v) is 7.14. The van der Waals surface area contributed by atoms with Crippen LogP contribution in [0, 0.1) is 5.82 Å².